The van der Waals surface area contributed by atoms with Crippen LogP contribution in [-0.4, -0.2) is 63.0 Å². The zero-order valence-electron chi connectivity index (χ0n) is 19.5. The Kier molecular flexibility index (Phi) is 7.55. The van der Waals surface area contributed by atoms with Crippen LogP contribution in [0.2, 0.25) is 0 Å². The summed E-state index contributed by atoms with van der Waals surface area (Å²) in [6, 6.07) is 8.66. The van der Waals surface area contributed by atoms with Crippen LogP contribution >= 0.6 is 0 Å². The maximum atomic E-state index is 12.0. The van der Waals surface area contributed by atoms with Gasteiger partial charge in [-0.2, -0.15) is 8.42 Å². The van der Waals surface area contributed by atoms with E-state index < -0.39 is 21.8 Å². The Balaban J connectivity index is 1.90. The van der Waals surface area contributed by atoms with Crippen molar-refractivity contribution >= 4 is 27.7 Å². The molecule has 1 amide bonds. The van der Waals surface area contributed by atoms with Crippen molar-refractivity contribution in [2.24, 2.45) is 0 Å². The molecule has 3 rings (SSSR count). The average molecular weight is 479 g/mol. The number of nitrogens with zero attached hydrogens (tertiary/aromatic N) is 3. The molecule has 1 fully saturated rings. The molecule has 1 aromatic carbocycles. The highest BCUT2D eigenvalue weighted by atomic mass is 32.2. The topological polar surface area (TPSA) is 120 Å². The van der Waals surface area contributed by atoms with Gasteiger partial charge in [-0.3, -0.25) is 9.50 Å². The van der Waals surface area contributed by atoms with E-state index in [0.717, 1.165) is 7.11 Å². The van der Waals surface area contributed by atoms with Gasteiger partial charge in [0, 0.05) is 23.9 Å². The van der Waals surface area contributed by atoms with E-state index in [1.807, 2.05) is 6.92 Å². The summed E-state index contributed by atoms with van der Waals surface area (Å²) in [5.41, 5.74) is 0.941. The van der Waals surface area contributed by atoms with E-state index in [0.29, 0.717) is 48.3 Å². The predicted octanol–water partition coefficient (Wildman–Crippen LogP) is 3.19. The lowest BCUT2D eigenvalue weighted by Crippen LogP contribution is -2.44. The molecule has 1 aliphatic rings. The number of morpholine rings is 1. The molecule has 33 heavy (non-hydrogen) atoms. The first kappa shape index (κ1) is 24.9. The molecular weight excluding hydrogens is 448 g/mol. The molecule has 1 atom stereocenters. The van der Waals surface area contributed by atoms with Gasteiger partial charge < -0.3 is 14.4 Å². The molecule has 10 nitrogen and oxygen atoms in total. The monoisotopic (exact) mass is 478 g/mol. The molecule has 1 aromatic heterocycles. The number of hydrogen-bond acceptors (Lipinski definition) is 9. The number of ether oxygens (including phenoxy) is 2. The van der Waals surface area contributed by atoms with Crippen LogP contribution in [-0.2, 0) is 29.5 Å². The molecule has 2 heterocycles. The fourth-order valence-electron chi connectivity index (χ4n) is 3.26. The van der Waals surface area contributed by atoms with E-state index in [1.165, 1.54) is 0 Å². The van der Waals surface area contributed by atoms with Crippen molar-refractivity contribution in [3.8, 4) is 11.4 Å². The third-order valence-electron chi connectivity index (χ3n) is 4.79. The Morgan fingerprint density at radius 2 is 1.94 bits per heavy atom. The molecule has 0 aliphatic carbocycles. The van der Waals surface area contributed by atoms with Crippen molar-refractivity contribution in [3.05, 3.63) is 36.0 Å². The van der Waals surface area contributed by atoms with Crippen molar-refractivity contribution in [3.63, 3.8) is 0 Å². The summed E-state index contributed by atoms with van der Waals surface area (Å²) in [6.45, 7) is 9.12. The van der Waals surface area contributed by atoms with E-state index in [2.05, 4.69) is 24.4 Å². The van der Waals surface area contributed by atoms with E-state index >= 15 is 0 Å². The Bertz CT molecular complexity index is 1080. The van der Waals surface area contributed by atoms with Crippen molar-refractivity contribution in [1.82, 2.24) is 9.97 Å². The summed E-state index contributed by atoms with van der Waals surface area (Å²) in [5, 5.41) is 2.68. The molecule has 0 saturated carbocycles. The maximum Gasteiger partial charge on any atom is 0.412 e. The van der Waals surface area contributed by atoms with Gasteiger partial charge in [-0.1, -0.05) is 0 Å². The maximum absolute atomic E-state index is 12.0. The molecule has 0 bridgehead atoms. The molecule has 1 saturated heterocycles. The van der Waals surface area contributed by atoms with Crippen LogP contribution in [0.1, 0.15) is 33.4 Å². The molecule has 0 radical (unpaired) electrons. The molecule has 180 valence electrons. The molecule has 1 N–H and O–H groups in total. The number of amides is 1. The highest BCUT2D eigenvalue weighted by Gasteiger charge is 2.23. The minimum Gasteiger partial charge on any atom is -0.444 e. The lowest BCUT2D eigenvalue weighted by molar-refractivity contribution is 0.0636. The van der Waals surface area contributed by atoms with Crippen LogP contribution in [0.5, 0.6) is 0 Å². The molecule has 11 heteroatoms. The fourth-order valence-corrected chi connectivity index (χ4v) is 3.89. The van der Waals surface area contributed by atoms with Gasteiger partial charge in [0.25, 0.3) is 10.1 Å². The number of carbonyl (C=O) groups excluding carboxylic acids is 1. The predicted molar refractivity (Wildman–Crippen MR) is 125 cm³/mol. The van der Waals surface area contributed by atoms with Crippen LogP contribution in [0.4, 0.5) is 16.3 Å². The Morgan fingerprint density at radius 3 is 2.55 bits per heavy atom. The van der Waals surface area contributed by atoms with E-state index in [1.54, 1.807) is 51.1 Å². The molecule has 1 aliphatic heterocycles. The first-order valence-corrected chi connectivity index (χ1v) is 12.1. The van der Waals surface area contributed by atoms with E-state index in [9.17, 15) is 13.2 Å². The first-order chi connectivity index (χ1) is 15.5. The third kappa shape index (κ3) is 7.11. The van der Waals surface area contributed by atoms with E-state index in [-0.39, 0.29) is 11.8 Å². The van der Waals surface area contributed by atoms with Gasteiger partial charge in [-0.15, -0.1) is 0 Å². The minimum absolute atomic E-state index is 0.0776. The third-order valence-corrected chi connectivity index (χ3v) is 5.95. The fraction of sp³-hybridized carbons (Fsp3) is 0.500. The summed E-state index contributed by atoms with van der Waals surface area (Å²) in [6.07, 6.45) is -0.554. The van der Waals surface area contributed by atoms with Gasteiger partial charge in [0.05, 0.1) is 32.1 Å². The summed E-state index contributed by atoms with van der Waals surface area (Å²) in [4.78, 5) is 23.2. The molecule has 2 aromatic rings. The number of carbonyl (C=O) groups is 1. The number of nitrogens with one attached hydrogen (secondary N) is 1. The van der Waals surface area contributed by atoms with Crippen LogP contribution < -0.4 is 10.2 Å². The number of rotatable bonds is 6. The van der Waals surface area contributed by atoms with Crippen LogP contribution in [0, 0.1) is 0 Å². The number of anilines is 2. The van der Waals surface area contributed by atoms with Gasteiger partial charge in [-0.25, -0.2) is 14.8 Å². The number of aromatic nitrogens is 2. The van der Waals surface area contributed by atoms with Crippen LogP contribution in [0.3, 0.4) is 0 Å². The zero-order chi connectivity index (χ0) is 24.2. The second kappa shape index (κ2) is 10.0. The van der Waals surface area contributed by atoms with Gasteiger partial charge in [0.1, 0.15) is 17.2 Å². The quantitative estimate of drug-likeness (QED) is 0.624. The Labute approximate surface area is 194 Å². The minimum atomic E-state index is -3.76. The smallest absolute Gasteiger partial charge is 0.412 e. The molecule has 0 spiro atoms. The lowest BCUT2D eigenvalue weighted by atomic mass is 10.2. The van der Waals surface area contributed by atoms with Crippen LogP contribution in [0.15, 0.2) is 30.3 Å². The van der Waals surface area contributed by atoms with Gasteiger partial charge in [-0.05, 0) is 52.0 Å². The normalized spacial score (nSPS) is 17.0. The summed E-state index contributed by atoms with van der Waals surface area (Å²) in [7, 11) is -2.64. The Morgan fingerprint density at radius 1 is 1.24 bits per heavy atom. The van der Waals surface area contributed by atoms with Gasteiger partial charge in [0.2, 0.25) is 0 Å². The highest BCUT2D eigenvalue weighted by Crippen LogP contribution is 2.25. The molecular formula is C22H30N4O6S. The Hall–Kier alpha value is -2.76. The number of hydrogen-bond donors (Lipinski definition) is 1. The SMILES string of the molecule is COS(=O)(=O)Cc1cc(N2CCOC[C@@H]2C)nc(-c2ccc(NC(=O)OC(C)(C)C)cc2)n1. The van der Waals surface area contributed by atoms with Crippen LogP contribution in [0.25, 0.3) is 11.4 Å². The van der Waals surface area contributed by atoms with Crippen molar-refractivity contribution in [2.75, 3.05) is 37.1 Å². The second-order valence-corrected chi connectivity index (χ2v) is 10.5. The van der Waals surface area contributed by atoms with Crippen molar-refractivity contribution in [1.29, 1.82) is 0 Å². The van der Waals surface area contributed by atoms with Gasteiger partial charge >= 0.3 is 6.09 Å². The summed E-state index contributed by atoms with van der Waals surface area (Å²) in [5.74, 6) is 0.618. The standard InChI is InChI=1S/C22H30N4O6S/c1-15-13-31-11-10-26(15)19-12-18(14-33(28,29)30-5)23-20(25-19)16-6-8-17(9-7-16)24-21(27)32-22(2,3)4/h6-9,12,15H,10-11,13-14H2,1-5H3,(H,24,27)/t15-/m0/s1. The van der Waals surface area contributed by atoms with E-state index in [4.69, 9.17) is 9.47 Å². The summed E-state index contributed by atoms with van der Waals surface area (Å²) >= 11 is 0. The van der Waals surface area contributed by atoms with Crippen molar-refractivity contribution < 1.29 is 26.9 Å². The first-order valence-electron chi connectivity index (χ1n) is 10.6. The highest BCUT2D eigenvalue weighted by molar-refractivity contribution is 7.85. The summed E-state index contributed by atoms with van der Waals surface area (Å²) < 4.78 is 39.5. The number of benzene rings is 1. The zero-order valence-corrected chi connectivity index (χ0v) is 20.3. The van der Waals surface area contributed by atoms with Gasteiger partial charge in [0.15, 0.2) is 5.82 Å². The molecule has 0 unspecified atom stereocenters. The lowest BCUT2D eigenvalue weighted by Gasteiger charge is -2.34. The average Bonchev–Trinajstić information content (AvgIpc) is 2.72. The largest absolute Gasteiger partial charge is 0.444 e. The van der Waals surface area contributed by atoms with Crippen molar-refractivity contribution in [2.45, 2.75) is 45.1 Å². The second-order valence-electron chi connectivity index (χ2n) is 8.73.